The van der Waals surface area contributed by atoms with Gasteiger partial charge in [-0.25, -0.2) is 9.78 Å². The third-order valence-electron chi connectivity index (χ3n) is 7.57. The third-order valence-corrected chi connectivity index (χ3v) is 7.57. The molecule has 1 fully saturated rings. The maximum absolute atomic E-state index is 12.5. The number of rotatable bonds is 6. The fourth-order valence-electron chi connectivity index (χ4n) is 5.71. The van der Waals surface area contributed by atoms with E-state index in [9.17, 15) is 4.79 Å². The number of aryl methyl sites for hydroxylation is 1. The molecule has 5 nitrogen and oxygen atoms in total. The first-order valence-electron chi connectivity index (χ1n) is 14.2. The number of likely N-dealkylation sites (tertiary alicyclic amines) is 1. The first kappa shape index (κ1) is 27.4. The van der Waals surface area contributed by atoms with Crippen molar-refractivity contribution in [3.05, 3.63) is 131 Å². The van der Waals surface area contributed by atoms with E-state index in [1.54, 1.807) is 0 Å². The minimum absolute atomic E-state index is 0.219. The molecule has 1 saturated heterocycles. The van der Waals surface area contributed by atoms with Crippen LogP contribution in [0.1, 0.15) is 61.8 Å². The van der Waals surface area contributed by atoms with Crippen molar-refractivity contribution >= 4 is 12.2 Å². The number of carbonyl (C=O) groups is 1. The summed E-state index contributed by atoms with van der Waals surface area (Å²) in [6.45, 7) is 9.21. The molecular formula is C35H39N3O2. The largest absolute Gasteiger partial charge is 0.444 e. The zero-order valence-corrected chi connectivity index (χ0v) is 24.0. The van der Waals surface area contributed by atoms with Crippen LogP contribution in [0.4, 0.5) is 4.79 Å². The molecule has 0 bridgehead atoms. The van der Waals surface area contributed by atoms with Gasteiger partial charge in [-0.15, -0.1) is 0 Å². The number of nitrogens with zero attached hydrogens (tertiary/aromatic N) is 3. The minimum atomic E-state index is -0.578. The SMILES string of the molecule is Cc1nc(/C=C\C2CCN(C(=O)OC(C)(C)C)CC2)cn1C(c1ccccc1)(c1ccccc1)c1ccccc1. The van der Waals surface area contributed by atoms with Crippen LogP contribution in [-0.4, -0.2) is 39.2 Å². The smallest absolute Gasteiger partial charge is 0.410 e. The normalized spacial score (nSPS) is 14.9. The van der Waals surface area contributed by atoms with Gasteiger partial charge in [0, 0.05) is 19.3 Å². The number of amides is 1. The summed E-state index contributed by atoms with van der Waals surface area (Å²) in [6.07, 6.45) is 8.18. The Labute approximate surface area is 238 Å². The van der Waals surface area contributed by atoms with Crippen LogP contribution in [0.15, 0.2) is 103 Å². The Kier molecular flexibility index (Phi) is 7.92. The number of ether oxygens (including phenoxy) is 1. The molecule has 40 heavy (non-hydrogen) atoms. The lowest BCUT2D eigenvalue weighted by atomic mass is 9.76. The maximum atomic E-state index is 12.5. The molecule has 0 atom stereocenters. The lowest BCUT2D eigenvalue weighted by Crippen LogP contribution is -2.41. The number of carbonyl (C=O) groups excluding carboxylic acids is 1. The van der Waals surface area contributed by atoms with Gasteiger partial charge in [0.15, 0.2) is 0 Å². The molecule has 1 aliphatic heterocycles. The van der Waals surface area contributed by atoms with Gasteiger partial charge in [-0.05, 0) is 69.2 Å². The van der Waals surface area contributed by atoms with E-state index in [0.29, 0.717) is 19.0 Å². The maximum Gasteiger partial charge on any atom is 0.410 e. The van der Waals surface area contributed by atoms with Gasteiger partial charge in [0.1, 0.15) is 17.0 Å². The van der Waals surface area contributed by atoms with E-state index in [4.69, 9.17) is 9.72 Å². The molecule has 1 amide bonds. The summed E-state index contributed by atoms with van der Waals surface area (Å²) >= 11 is 0. The summed E-state index contributed by atoms with van der Waals surface area (Å²) in [4.78, 5) is 19.3. The average molecular weight is 534 g/mol. The standard InChI is InChI=1S/C35H39N3O2/c1-27-36-32(21-20-28-22-24-37(25-23-28)33(39)40-34(2,3)4)26-38(27)35(29-14-8-5-9-15-29,30-16-10-6-11-17-30)31-18-12-7-13-19-31/h5-21,26,28H,22-25H2,1-4H3/b21-20-. The molecular weight excluding hydrogens is 494 g/mol. The highest BCUT2D eigenvalue weighted by Gasteiger charge is 2.39. The number of aromatic nitrogens is 2. The van der Waals surface area contributed by atoms with Crippen molar-refractivity contribution in [1.29, 1.82) is 0 Å². The molecule has 0 N–H and O–H groups in total. The summed E-state index contributed by atoms with van der Waals surface area (Å²) in [5, 5.41) is 0. The molecule has 2 heterocycles. The van der Waals surface area contributed by atoms with Gasteiger partial charge in [-0.3, -0.25) is 0 Å². The zero-order chi connectivity index (χ0) is 28.2. The Morgan fingerprint density at radius 2 is 1.30 bits per heavy atom. The molecule has 5 heteroatoms. The van der Waals surface area contributed by atoms with Crippen LogP contribution >= 0.6 is 0 Å². The molecule has 0 unspecified atom stereocenters. The van der Waals surface area contributed by atoms with Crippen molar-refractivity contribution in [2.45, 2.75) is 51.7 Å². The monoisotopic (exact) mass is 533 g/mol. The van der Waals surface area contributed by atoms with Crippen molar-refractivity contribution < 1.29 is 9.53 Å². The molecule has 0 aliphatic carbocycles. The predicted molar refractivity (Wildman–Crippen MR) is 161 cm³/mol. The summed E-state index contributed by atoms with van der Waals surface area (Å²) in [7, 11) is 0. The molecule has 5 rings (SSSR count). The summed E-state index contributed by atoms with van der Waals surface area (Å²) < 4.78 is 7.87. The van der Waals surface area contributed by atoms with Gasteiger partial charge in [-0.1, -0.05) is 97.1 Å². The molecule has 0 spiro atoms. The summed E-state index contributed by atoms with van der Waals surface area (Å²) in [6, 6.07) is 32.0. The molecule has 0 saturated carbocycles. The van der Waals surface area contributed by atoms with Crippen LogP contribution < -0.4 is 0 Å². The highest BCUT2D eigenvalue weighted by Crippen LogP contribution is 2.41. The van der Waals surface area contributed by atoms with Gasteiger partial charge in [-0.2, -0.15) is 0 Å². The van der Waals surface area contributed by atoms with Crippen LogP contribution in [0.5, 0.6) is 0 Å². The van der Waals surface area contributed by atoms with Crippen LogP contribution in [0, 0.1) is 12.8 Å². The Balaban J connectivity index is 1.47. The summed E-state index contributed by atoms with van der Waals surface area (Å²) in [5.41, 5.74) is 3.41. The van der Waals surface area contributed by atoms with Gasteiger partial charge >= 0.3 is 6.09 Å². The van der Waals surface area contributed by atoms with Crippen molar-refractivity contribution in [3.8, 4) is 0 Å². The zero-order valence-electron chi connectivity index (χ0n) is 24.0. The van der Waals surface area contributed by atoms with E-state index in [1.165, 1.54) is 16.7 Å². The Hall–Kier alpha value is -4.12. The number of benzene rings is 3. The fraction of sp³-hybridized carbons (Fsp3) is 0.314. The number of imidazole rings is 1. The molecule has 0 radical (unpaired) electrons. The Bertz CT molecular complexity index is 1330. The molecule has 206 valence electrons. The van der Waals surface area contributed by atoms with E-state index in [2.05, 4.69) is 121 Å². The second-order valence-electron chi connectivity index (χ2n) is 11.6. The first-order valence-corrected chi connectivity index (χ1v) is 14.2. The van der Waals surface area contributed by atoms with E-state index in [0.717, 1.165) is 24.4 Å². The molecule has 4 aromatic rings. The second-order valence-corrected chi connectivity index (χ2v) is 11.6. The van der Waals surface area contributed by atoms with E-state index >= 15 is 0 Å². The van der Waals surface area contributed by atoms with Crippen LogP contribution in [0.3, 0.4) is 0 Å². The van der Waals surface area contributed by atoms with Crippen LogP contribution in [-0.2, 0) is 10.3 Å². The fourth-order valence-corrected chi connectivity index (χ4v) is 5.71. The van der Waals surface area contributed by atoms with E-state index in [1.807, 2.05) is 25.7 Å². The van der Waals surface area contributed by atoms with Gasteiger partial charge in [0.05, 0.1) is 5.69 Å². The van der Waals surface area contributed by atoms with Gasteiger partial charge in [0.25, 0.3) is 0 Å². The van der Waals surface area contributed by atoms with Crippen molar-refractivity contribution in [2.75, 3.05) is 13.1 Å². The van der Waals surface area contributed by atoms with E-state index in [-0.39, 0.29) is 6.09 Å². The molecule has 1 aliphatic rings. The topological polar surface area (TPSA) is 47.4 Å². The number of hydrogen-bond acceptors (Lipinski definition) is 3. The lowest BCUT2D eigenvalue weighted by Gasteiger charge is -2.38. The van der Waals surface area contributed by atoms with Crippen LogP contribution in [0.2, 0.25) is 0 Å². The average Bonchev–Trinajstić information content (AvgIpc) is 3.34. The van der Waals surface area contributed by atoms with Gasteiger partial charge in [0.2, 0.25) is 0 Å². The number of allylic oxidation sites excluding steroid dienone is 1. The number of piperidine rings is 1. The predicted octanol–water partition coefficient (Wildman–Crippen LogP) is 7.69. The molecule has 1 aromatic heterocycles. The van der Waals surface area contributed by atoms with E-state index < -0.39 is 11.1 Å². The number of hydrogen-bond donors (Lipinski definition) is 0. The van der Waals surface area contributed by atoms with Crippen molar-refractivity contribution in [1.82, 2.24) is 14.5 Å². The van der Waals surface area contributed by atoms with Crippen LogP contribution in [0.25, 0.3) is 6.08 Å². The Morgan fingerprint density at radius 3 is 1.75 bits per heavy atom. The minimum Gasteiger partial charge on any atom is -0.444 e. The Morgan fingerprint density at radius 1 is 0.825 bits per heavy atom. The van der Waals surface area contributed by atoms with Crippen molar-refractivity contribution in [3.63, 3.8) is 0 Å². The first-order chi connectivity index (χ1) is 19.3. The molecule has 3 aromatic carbocycles. The quantitative estimate of drug-likeness (QED) is 0.239. The summed E-state index contributed by atoms with van der Waals surface area (Å²) in [5.74, 6) is 1.34. The second kappa shape index (κ2) is 11.5. The van der Waals surface area contributed by atoms with Gasteiger partial charge < -0.3 is 14.2 Å². The van der Waals surface area contributed by atoms with Crippen molar-refractivity contribution in [2.24, 2.45) is 5.92 Å². The third kappa shape index (κ3) is 5.74. The highest BCUT2D eigenvalue weighted by molar-refractivity contribution is 5.68. The highest BCUT2D eigenvalue weighted by atomic mass is 16.6. The lowest BCUT2D eigenvalue weighted by molar-refractivity contribution is 0.0197.